The normalized spacial score (nSPS) is 12.2. The van der Waals surface area contributed by atoms with E-state index >= 15 is 0 Å². The molecule has 0 unspecified atom stereocenters. The van der Waals surface area contributed by atoms with Gasteiger partial charge in [-0.15, -0.1) is 0 Å². The van der Waals surface area contributed by atoms with Crippen LogP contribution in [0.2, 0.25) is 5.31 Å². The Balaban J connectivity index is 0. The van der Waals surface area contributed by atoms with Crippen LogP contribution in [0.15, 0.2) is 0 Å². The van der Waals surface area contributed by atoms with Gasteiger partial charge >= 0.3 is 58.4 Å². The molecule has 0 heterocycles. The van der Waals surface area contributed by atoms with Gasteiger partial charge in [0.25, 0.3) is 0 Å². The van der Waals surface area contributed by atoms with Crippen LogP contribution < -0.4 is 51.4 Å². The number of rotatable bonds is 3. The van der Waals surface area contributed by atoms with Crippen LogP contribution in [0.4, 0.5) is 12.9 Å². The first-order valence-electron chi connectivity index (χ1n) is 3.35. The first-order chi connectivity index (χ1) is 4.67. The molecule has 12 heavy (non-hydrogen) atoms. The Bertz CT molecular complexity index is 167. The molecule has 0 aliphatic rings. The quantitative estimate of drug-likeness (QED) is 0.574. The Morgan fingerprint density at radius 2 is 1.67 bits per heavy atom. The average molecular weight is 206 g/mol. The SMILES string of the molecule is CC(=O)CC(C)(C)[B-](F)(F)F.[K+]. The summed E-state index contributed by atoms with van der Waals surface area (Å²) in [6.07, 6.45) is -0.420. The van der Waals surface area contributed by atoms with Crippen LogP contribution in [0.25, 0.3) is 0 Å². The van der Waals surface area contributed by atoms with E-state index in [9.17, 15) is 17.7 Å². The summed E-state index contributed by atoms with van der Waals surface area (Å²) in [5.41, 5.74) is 0. The van der Waals surface area contributed by atoms with E-state index in [0.717, 1.165) is 13.8 Å². The van der Waals surface area contributed by atoms with Gasteiger partial charge in [0.2, 0.25) is 0 Å². The van der Waals surface area contributed by atoms with Crippen molar-refractivity contribution < 1.29 is 69.1 Å². The number of hydrogen-bond donors (Lipinski definition) is 0. The van der Waals surface area contributed by atoms with Gasteiger partial charge in [-0.25, -0.2) is 0 Å². The second-order valence-electron chi connectivity index (χ2n) is 3.44. The molecule has 1 nitrogen and oxygen atoms in total. The zero-order valence-corrected chi connectivity index (χ0v) is 10.9. The van der Waals surface area contributed by atoms with Crippen LogP contribution in [-0.2, 0) is 4.79 Å². The summed E-state index contributed by atoms with van der Waals surface area (Å²) in [4.78, 5) is 10.4. The van der Waals surface area contributed by atoms with Gasteiger partial charge in [-0.05, 0) is 13.3 Å². The van der Waals surface area contributed by atoms with E-state index in [2.05, 4.69) is 0 Å². The molecule has 0 amide bonds. The minimum Gasteiger partial charge on any atom is -0.449 e. The monoisotopic (exact) mass is 206 g/mol. The fourth-order valence-electron chi connectivity index (χ4n) is 0.757. The second kappa shape index (κ2) is 5.14. The van der Waals surface area contributed by atoms with Crippen LogP contribution in [0.3, 0.4) is 0 Å². The van der Waals surface area contributed by atoms with Crippen molar-refractivity contribution >= 4 is 12.8 Å². The first-order valence-corrected chi connectivity index (χ1v) is 3.35. The van der Waals surface area contributed by atoms with Gasteiger partial charge in [-0.2, -0.15) is 0 Å². The molecule has 0 fully saturated rings. The van der Waals surface area contributed by atoms with Crippen molar-refractivity contribution in [1.29, 1.82) is 0 Å². The van der Waals surface area contributed by atoms with Gasteiger partial charge in [0, 0.05) is 0 Å². The molecule has 0 aromatic rings. The van der Waals surface area contributed by atoms with E-state index < -0.39 is 24.5 Å². The van der Waals surface area contributed by atoms with Crippen LogP contribution in [0.1, 0.15) is 27.2 Å². The maximum atomic E-state index is 12.1. The number of carbonyl (C=O) groups excluding carboxylic acids is 1. The first kappa shape index (κ1) is 15.6. The maximum Gasteiger partial charge on any atom is 1.00 e. The van der Waals surface area contributed by atoms with E-state index in [1.54, 1.807) is 0 Å². The van der Waals surface area contributed by atoms with Gasteiger partial charge in [0.1, 0.15) is 5.78 Å². The topological polar surface area (TPSA) is 17.1 Å². The standard InChI is InChI=1S/C6H11BF3O.K/c1-5(11)4-6(2,3)7(8,9)10;/h4H2,1-3H3;/q-1;+1. The van der Waals surface area contributed by atoms with Crippen molar-refractivity contribution in [1.82, 2.24) is 0 Å². The molecule has 0 radical (unpaired) electrons. The van der Waals surface area contributed by atoms with Crippen molar-refractivity contribution in [2.24, 2.45) is 0 Å². The van der Waals surface area contributed by atoms with E-state index in [1.807, 2.05) is 0 Å². The third-order valence-corrected chi connectivity index (χ3v) is 1.59. The molecule has 0 aliphatic heterocycles. The molecule has 0 spiro atoms. The second-order valence-corrected chi connectivity index (χ2v) is 3.44. The van der Waals surface area contributed by atoms with Gasteiger partial charge in [0.15, 0.2) is 0 Å². The summed E-state index contributed by atoms with van der Waals surface area (Å²) < 4.78 is 36.3. The zero-order chi connectivity index (χ0) is 9.28. The fourth-order valence-corrected chi connectivity index (χ4v) is 0.757. The minimum atomic E-state index is -4.91. The largest absolute Gasteiger partial charge is 1.00 e. The number of halogens is 3. The van der Waals surface area contributed by atoms with Crippen molar-refractivity contribution in [3.05, 3.63) is 0 Å². The summed E-state index contributed by atoms with van der Waals surface area (Å²) in [7, 11) is 0. The zero-order valence-electron chi connectivity index (χ0n) is 7.83. The van der Waals surface area contributed by atoms with Gasteiger partial charge in [-0.3, -0.25) is 0 Å². The molecular weight excluding hydrogens is 195 g/mol. The molecule has 0 atom stereocenters. The maximum absolute atomic E-state index is 12.1. The molecule has 0 saturated heterocycles. The molecular formula is C6H11BF3KO. The number of carbonyl (C=O) groups is 1. The summed E-state index contributed by atoms with van der Waals surface area (Å²) in [5, 5.41) is -1.83. The van der Waals surface area contributed by atoms with E-state index in [0.29, 0.717) is 0 Å². The summed E-state index contributed by atoms with van der Waals surface area (Å²) in [6.45, 7) is -1.64. The van der Waals surface area contributed by atoms with Crippen LogP contribution >= 0.6 is 0 Å². The number of ketones is 1. The minimum absolute atomic E-state index is 0. The molecule has 6 heteroatoms. The van der Waals surface area contributed by atoms with Crippen LogP contribution in [-0.4, -0.2) is 12.8 Å². The average Bonchev–Trinajstić information content (AvgIpc) is 1.56. The summed E-state index contributed by atoms with van der Waals surface area (Å²) in [6, 6.07) is 0. The third kappa shape index (κ3) is 5.01. The number of hydrogen-bond acceptors (Lipinski definition) is 1. The molecule has 66 valence electrons. The van der Waals surface area contributed by atoms with Crippen LogP contribution in [0, 0.1) is 0 Å². The van der Waals surface area contributed by atoms with Crippen molar-refractivity contribution in [3.63, 3.8) is 0 Å². The predicted molar refractivity (Wildman–Crippen MR) is 38.4 cm³/mol. The summed E-state index contributed by atoms with van der Waals surface area (Å²) in [5.74, 6) is -0.422. The molecule has 0 saturated carbocycles. The molecule has 0 rings (SSSR count). The predicted octanol–water partition coefficient (Wildman–Crippen LogP) is -0.403. The Morgan fingerprint density at radius 1 is 1.33 bits per heavy atom. The van der Waals surface area contributed by atoms with E-state index in [-0.39, 0.29) is 51.4 Å². The van der Waals surface area contributed by atoms with E-state index in [4.69, 9.17) is 0 Å². The Kier molecular flexibility index (Phi) is 6.70. The molecule has 0 N–H and O–H groups in total. The van der Waals surface area contributed by atoms with Crippen LogP contribution in [0.5, 0.6) is 0 Å². The van der Waals surface area contributed by atoms with Crippen molar-refractivity contribution in [3.8, 4) is 0 Å². The Labute approximate surface area is 113 Å². The number of Topliss-reactive ketones (excluding diaryl/α,β-unsaturated/α-hetero) is 1. The molecule has 0 bridgehead atoms. The van der Waals surface area contributed by atoms with Crippen molar-refractivity contribution in [2.75, 3.05) is 0 Å². The fraction of sp³-hybridized carbons (Fsp3) is 0.833. The van der Waals surface area contributed by atoms with Gasteiger partial charge < -0.3 is 17.7 Å². The van der Waals surface area contributed by atoms with Gasteiger partial charge in [0.05, 0.1) is 0 Å². The molecule has 0 aromatic heterocycles. The third-order valence-electron chi connectivity index (χ3n) is 1.59. The Hall–Kier alpha value is 1.16. The summed E-state index contributed by atoms with van der Waals surface area (Å²) >= 11 is 0. The van der Waals surface area contributed by atoms with E-state index in [1.165, 1.54) is 6.92 Å². The van der Waals surface area contributed by atoms with Crippen molar-refractivity contribution in [2.45, 2.75) is 32.5 Å². The Morgan fingerprint density at radius 3 is 1.75 bits per heavy atom. The smallest absolute Gasteiger partial charge is 0.449 e. The van der Waals surface area contributed by atoms with Gasteiger partial charge in [-0.1, -0.05) is 19.2 Å². The molecule has 0 aliphatic carbocycles. The molecule has 0 aromatic carbocycles.